The Morgan fingerprint density at radius 1 is 1.60 bits per heavy atom. The van der Waals surface area contributed by atoms with Crippen LogP contribution in [0.4, 0.5) is 0 Å². The van der Waals surface area contributed by atoms with Crippen molar-refractivity contribution in [3.63, 3.8) is 0 Å². The van der Waals surface area contributed by atoms with Crippen LogP contribution >= 0.6 is 0 Å². The molecule has 112 valence electrons. The van der Waals surface area contributed by atoms with Crippen LogP contribution < -0.4 is 5.32 Å². The van der Waals surface area contributed by atoms with Crippen LogP contribution in [0.15, 0.2) is 12.4 Å². The summed E-state index contributed by atoms with van der Waals surface area (Å²) < 4.78 is 6.91. The molecule has 0 unspecified atom stereocenters. The number of nitrogens with one attached hydrogen (secondary N) is 1. The molecular formula is C14H24N4O2. The highest BCUT2D eigenvalue weighted by Gasteiger charge is 2.31. The monoisotopic (exact) mass is 280 g/mol. The van der Waals surface area contributed by atoms with E-state index in [9.17, 15) is 4.79 Å². The van der Waals surface area contributed by atoms with Crippen LogP contribution in [0, 0.1) is 0 Å². The molecule has 1 aliphatic carbocycles. The van der Waals surface area contributed by atoms with E-state index in [-0.39, 0.29) is 5.91 Å². The minimum absolute atomic E-state index is 0.186. The standard InChI is InChI=1S/C14H24N4O2/c1-3-18(12-4-5-12)14(19)11-17-8-6-16-13(17)10-15-7-9-20-2/h6,8,12,15H,3-5,7,9-11H2,1-2H3. The van der Waals surface area contributed by atoms with E-state index in [4.69, 9.17) is 4.74 Å². The summed E-state index contributed by atoms with van der Waals surface area (Å²) in [6, 6.07) is 0.472. The van der Waals surface area contributed by atoms with Crippen molar-refractivity contribution in [2.75, 3.05) is 26.8 Å². The van der Waals surface area contributed by atoms with Gasteiger partial charge in [0.2, 0.25) is 5.91 Å². The smallest absolute Gasteiger partial charge is 0.242 e. The summed E-state index contributed by atoms with van der Waals surface area (Å²) in [5.74, 6) is 1.08. The molecule has 1 aromatic heterocycles. The average molecular weight is 280 g/mol. The number of nitrogens with zero attached hydrogens (tertiary/aromatic N) is 3. The molecule has 2 rings (SSSR count). The van der Waals surface area contributed by atoms with Gasteiger partial charge >= 0.3 is 0 Å². The molecule has 0 radical (unpaired) electrons. The quantitative estimate of drug-likeness (QED) is 0.674. The van der Waals surface area contributed by atoms with Gasteiger partial charge in [0.15, 0.2) is 0 Å². The van der Waals surface area contributed by atoms with E-state index < -0.39 is 0 Å². The van der Waals surface area contributed by atoms with Crippen LogP contribution in [0.2, 0.25) is 0 Å². The summed E-state index contributed by atoms with van der Waals surface area (Å²) in [7, 11) is 1.68. The van der Waals surface area contributed by atoms with E-state index in [0.717, 1.165) is 31.8 Å². The minimum Gasteiger partial charge on any atom is -0.383 e. The van der Waals surface area contributed by atoms with E-state index in [1.54, 1.807) is 13.3 Å². The molecule has 1 aromatic rings. The highest BCUT2D eigenvalue weighted by molar-refractivity contribution is 5.76. The zero-order valence-electron chi connectivity index (χ0n) is 12.3. The molecule has 1 heterocycles. The number of hydrogen-bond acceptors (Lipinski definition) is 4. The summed E-state index contributed by atoms with van der Waals surface area (Å²) in [6.45, 7) is 5.31. The second kappa shape index (κ2) is 7.40. The Labute approximate surface area is 120 Å². The van der Waals surface area contributed by atoms with Gasteiger partial charge in [-0.15, -0.1) is 0 Å². The van der Waals surface area contributed by atoms with Gasteiger partial charge in [0.1, 0.15) is 12.4 Å². The zero-order valence-corrected chi connectivity index (χ0v) is 12.3. The minimum atomic E-state index is 0.186. The van der Waals surface area contributed by atoms with Gasteiger partial charge in [-0.3, -0.25) is 4.79 Å². The van der Waals surface area contributed by atoms with Crippen molar-refractivity contribution in [3.05, 3.63) is 18.2 Å². The summed E-state index contributed by atoms with van der Waals surface area (Å²) in [5, 5.41) is 3.25. The van der Waals surface area contributed by atoms with E-state index in [1.807, 2.05) is 22.6 Å². The van der Waals surface area contributed by atoms with Crippen molar-refractivity contribution in [3.8, 4) is 0 Å². The van der Waals surface area contributed by atoms with E-state index >= 15 is 0 Å². The van der Waals surface area contributed by atoms with Gasteiger partial charge in [-0.2, -0.15) is 0 Å². The van der Waals surface area contributed by atoms with Crippen molar-refractivity contribution in [1.82, 2.24) is 19.8 Å². The number of carbonyl (C=O) groups excluding carboxylic acids is 1. The molecule has 6 heteroatoms. The summed E-state index contributed by atoms with van der Waals surface area (Å²) in [4.78, 5) is 18.6. The van der Waals surface area contributed by atoms with Gasteiger partial charge in [0.05, 0.1) is 13.2 Å². The predicted molar refractivity (Wildman–Crippen MR) is 76.2 cm³/mol. The maximum absolute atomic E-state index is 12.3. The summed E-state index contributed by atoms with van der Waals surface area (Å²) >= 11 is 0. The third-order valence-electron chi connectivity index (χ3n) is 3.52. The number of amides is 1. The number of ether oxygens (including phenoxy) is 1. The Hall–Kier alpha value is -1.40. The van der Waals surface area contributed by atoms with Gasteiger partial charge in [-0.05, 0) is 19.8 Å². The van der Waals surface area contributed by atoms with E-state index in [1.165, 1.54) is 0 Å². The second-order valence-corrected chi connectivity index (χ2v) is 5.05. The van der Waals surface area contributed by atoms with E-state index in [2.05, 4.69) is 10.3 Å². The lowest BCUT2D eigenvalue weighted by Crippen LogP contribution is -2.36. The normalized spacial score (nSPS) is 14.5. The highest BCUT2D eigenvalue weighted by atomic mass is 16.5. The van der Waals surface area contributed by atoms with Crippen LogP contribution in [0.1, 0.15) is 25.6 Å². The molecule has 0 spiro atoms. The molecule has 0 aliphatic heterocycles. The van der Waals surface area contributed by atoms with Crippen molar-refractivity contribution < 1.29 is 9.53 Å². The fourth-order valence-electron chi connectivity index (χ4n) is 2.29. The van der Waals surface area contributed by atoms with Gasteiger partial charge in [0.25, 0.3) is 0 Å². The molecule has 1 saturated carbocycles. The maximum Gasteiger partial charge on any atom is 0.242 e. The summed E-state index contributed by atoms with van der Waals surface area (Å²) in [5.41, 5.74) is 0. The van der Waals surface area contributed by atoms with Crippen molar-refractivity contribution in [2.45, 2.75) is 38.9 Å². The number of methoxy groups -OCH3 is 1. The maximum atomic E-state index is 12.3. The molecule has 1 N–H and O–H groups in total. The molecule has 1 amide bonds. The van der Waals surface area contributed by atoms with Gasteiger partial charge in [-0.25, -0.2) is 4.98 Å². The van der Waals surface area contributed by atoms with Crippen LogP contribution in [-0.4, -0.2) is 53.2 Å². The zero-order chi connectivity index (χ0) is 14.4. The molecule has 0 atom stereocenters. The summed E-state index contributed by atoms with van der Waals surface area (Å²) in [6.07, 6.45) is 5.91. The topological polar surface area (TPSA) is 59.4 Å². The fraction of sp³-hybridized carbons (Fsp3) is 0.714. The Bertz CT molecular complexity index is 429. The van der Waals surface area contributed by atoms with Crippen molar-refractivity contribution >= 4 is 5.91 Å². The van der Waals surface area contributed by atoms with Crippen LogP contribution in [-0.2, 0) is 22.6 Å². The average Bonchev–Trinajstić information content (AvgIpc) is 3.17. The van der Waals surface area contributed by atoms with Crippen LogP contribution in [0.5, 0.6) is 0 Å². The molecule has 0 saturated heterocycles. The molecule has 6 nitrogen and oxygen atoms in total. The first kappa shape index (κ1) is 15.0. The lowest BCUT2D eigenvalue weighted by molar-refractivity contribution is -0.132. The van der Waals surface area contributed by atoms with Crippen molar-refractivity contribution in [2.24, 2.45) is 0 Å². The van der Waals surface area contributed by atoms with Crippen LogP contribution in [0.3, 0.4) is 0 Å². The van der Waals surface area contributed by atoms with Crippen molar-refractivity contribution in [1.29, 1.82) is 0 Å². The molecular weight excluding hydrogens is 256 g/mol. The molecule has 20 heavy (non-hydrogen) atoms. The third-order valence-corrected chi connectivity index (χ3v) is 3.52. The number of carbonyl (C=O) groups is 1. The first-order chi connectivity index (χ1) is 9.76. The Balaban J connectivity index is 1.85. The Kier molecular flexibility index (Phi) is 5.55. The Morgan fingerprint density at radius 3 is 3.05 bits per heavy atom. The fourth-order valence-corrected chi connectivity index (χ4v) is 2.29. The SMILES string of the molecule is CCN(C(=O)Cn1ccnc1CNCCOC)C1CC1. The molecule has 0 bridgehead atoms. The number of aromatic nitrogens is 2. The first-order valence-corrected chi connectivity index (χ1v) is 7.25. The number of rotatable bonds is 9. The number of likely N-dealkylation sites (N-methyl/N-ethyl adjacent to an activating group) is 1. The highest BCUT2D eigenvalue weighted by Crippen LogP contribution is 2.26. The Morgan fingerprint density at radius 2 is 2.40 bits per heavy atom. The van der Waals surface area contributed by atoms with Gasteiger partial charge in [-0.1, -0.05) is 0 Å². The third kappa shape index (κ3) is 4.05. The number of hydrogen-bond donors (Lipinski definition) is 1. The first-order valence-electron chi connectivity index (χ1n) is 7.25. The molecule has 0 aromatic carbocycles. The lowest BCUT2D eigenvalue weighted by atomic mass is 10.4. The largest absolute Gasteiger partial charge is 0.383 e. The van der Waals surface area contributed by atoms with E-state index in [0.29, 0.717) is 25.7 Å². The number of imidazole rings is 1. The van der Waals surface area contributed by atoms with Gasteiger partial charge in [0, 0.05) is 38.6 Å². The molecule has 1 fully saturated rings. The second-order valence-electron chi connectivity index (χ2n) is 5.05. The van der Waals surface area contributed by atoms with Crippen LogP contribution in [0.25, 0.3) is 0 Å². The lowest BCUT2D eigenvalue weighted by Gasteiger charge is -2.21. The molecule has 1 aliphatic rings. The predicted octanol–water partition coefficient (Wildman–Crippen LogP) is 0.630. The van der Waals surface area contributed by atoms with Gasteiger partial charge < -0.3 is 19.5 Å².